The highest BCUT2D eigenvalue weighted by atomic mass is 35.5. The van der Waals surface area contributed by atoms with Gasteiger partial charge in [0.2, 0.25) is 0 Å². The highest BCUT2D eigenvalue weighted by molar-refractivity contribution is 6.35. The lowest BCUT2D eigenvalue weighted by Gasteiger charge is -2.23. The molecule has 144 valence electrons. The van der Waals surface area contributed by atoms with Crippen molar-refractivity contribution in [3.05, 3.63) is 63.3 Å². The first kappa shape index (κ1) is 18.1. The second-order valence-electron chi connectivity index (χ2n) is 8.16. The summed E-state index contributed by atoms with van der Waals surface area (Å²) in [5.74, 6) is 2.29. The van der Waals surface area contributed by atoms with Crippen LogP contribution in [0.15, 0.2) is 42.2 Å². The molecule has 0 radical (unpaired) electrons. The summed E-state index contributed by atoms with van der Waals surface area (Å²) < 4.78 is 5.93. The zero-order valence-electron chi connectivity index (χ0n) is 15.4. The van der Waals surface area contributed by atoms with E-state index >= 15 is 0 Å². The maximum Gasteiger partial charge on any atom is 0.170 e. The summed E-state index contributed by atoms with van der Waals surface area (Å²) in [5, 5.41) is 11.9. The topological polar surface area (TPSA) is 46.5 Å². The molecule has 3 aliphatic carbocycles. The third-order valence-corrected chi connectivity index (χ3v) is 7.17. The van der Waals surface area contributed by atoms with Gasteiger partial charge in [0.1, 0.15) is 17.3 Å². The van der Waals surface area contributed by atoms with Crippen LogP contribution in [0.5, 0.6) is 11.5 Å². The van der Waals surface area contributed by atoms with Crippen LogP contribution in [0.25, 0.3) is 5.57 Å². The number of ether oxygens (including phenoxy) is 1. The van der Waals surface area contributed by atoms with E-state index in [0.29, 0.717) is 39.0 Å². The van der Waals surface area contributed by atoms with Crippen LogP contribution in [0.4, 0.5) is 0 Å². The molecular weight excluding hydrogens is 395 g/mol. The fourth-order valence-electron chi connectivity index (χ4n) is 5.41. The van der Waals surface area contributed by atoms with E-state index in [2.05, 4.69) is 0 Å². The molecule has 0 heterocycles. The zero-order chi connectivity index (χ0) is 19.6. The minimum absolute atomic E-state index is 0.0101. The van der Waals surface area contributed by atoms with Crippen LogP contribution >= 0.6 is 23.2 Å². The average molecular weight is 415 g/mol. The van der Waals surface area contributed by atoms with Gasteiger partial charge in [-0.15, -0.1) is 0 Å². The number of aliphatic hydroxyl groups excluding tert-OH is 1. The van der Waals surface area contributed by atoms with E-state index in [1.807, 2.05) is 25.1 Å². The van der Waals surface area contributed by atoms with E-state index in [4.69, 9.17) is 27.9 Å². The van der Waals surface area contributed by atoms with Gasteiger partial charge in [0, 0.05) is 16.9 Å². The standard InChI is InChI=1S/C23H20Cl2O3/c1-11-2-6-15(28-18-7-5-14(24)9-17(18)25)10-16(11)21-22(26)19-12-3-4-13(8-12)20(19)23(21)27/h2,5-7,9-10,12-13,19-20,26H,3-4,8H2,1H3/t12-,13+,19-,20+/m1/s1. The molecule has 2 aromatic rings. The third kappa shape index (κ3) is 2.67. The van der Waals surface area contributed by atoms with Crippen molar-refractivity contribution in [1.82, 2.24) is 0 Å². The second-order valence-corrected chi connectivity index (χ2v) is 9.01. The first-order chi connectivity index (χ1) is 13.4. The van der Waals surface area contributed by atoms with Crippen molar-refractivity contribution in [3.8, 4) is 11.5 Å². The number of aliphatic hydroxyl groups is 1. The van der Waals surface area contributed by atoms with Gasteiger partial charge in [0.25, 0.3) is 0 Å². The number of hydrogen-bond acceptors (Lipinski definition) is 3. The molecule has 3 aliphatic rings. The van der Waals surface area contributed by atoms with Crippen LogP contribution in [0, 0.1) is 30.6 Å². The van der Waals surface area contributed by atoms with Gasteiger partial charge in [-0.2, -0.15) is 0 Å². The van der Waals surface area contributed by atoms with Crippen LogP contribution in [0.2, 0.25) is 10.0 Å². The highest BCUT2D eigenvalue weighted by Crippen LogP contribution is 2.60. The SMILES string of the molecule is Cc1ccc(Oc2ccc(Cl)cc2Cl)cc1C1=C(O)[C@@H]2[C@@H]3CC[C@@H](C3)[C@@H]2C1=O. The lowest BCUT2D eigenvalue weighted by atomic mass is 9.80. The van der Waals surface area contributed by atoms with Gasteiger partial charge in [-0.1, -0.05) is 29.3 Å². The highest BCUT2D eigenvalue weighted by Gasteiger charge is 2.57. The summed E-state index contributed by atoms with van der Waals surface area (Å²) in [6.45, 7) is 1.95. The minimum Gasteiger partial charge on any atom is -0.511 e. The summed E-state index contributed by atoms with van der Waals surface area (Å²) in [5.41, 5.74) is 2.17. The average Bonchev–Trinajstić information content (AvgIpc) is 3.33. The smallest absolute Gasteiger partial charge is 0.170 e. The maximum atomic E-state index is 13.2. The van der Waals surface area contributed by atoms with Crippen LogP contribution in [0.3, 0.4) is 0 Å². The molecule has 3 nitrogen and oxygen atoms in total. The van der Waals surface area contributed by atoms with E-state index in [1.165, 1.54) is 0 Å². The van der Waals surface area contributed by atoms with Gasteiger partial charge in [0.05, 0.1) is 10.6 Å². The monoisotopic (exact) mass is 414 g/mol. The normalized spacial score (nSPS) is 28.2. The molecule has 2 bridgehead atoms. The van der Waals surface area contributed by atoms with Crippen molar-refractivity contribution in [2.75, 3.05) is 0 Å². The van der Waals surface area contributed by atoms with E-state index in [-0.39, 0.29) is 23.4 Å². The Hall–Kier alpha value is -1.97. The number of carbonyl (C=O) groups is 1. The molecule has 2 saturated carbocycles. The van der Waals surface area contributed by atoms with Crippen molar-refractivity contribution in [3.63, 3.8) is 0 Å². The van der Waals surface area contributed by atoms with Crippen molar-refractivity contribution in [2.24, 2.45) is 23.7 Å². The number of allylic oxidation sites excluding steroid dienone is 2. The Kier molecular flexibility index (Phi) is 4.22. The first-order valence-electron chi connectivity index (χ1n) is 9.65. The van der Waals surface area contributed by atoms with Crippen molar-refractivity contribution >= 4 is 34.6 Å². The Labute approximate surface area is 173 Å². The molecule has 2 aromatic carbocycles. The second kappa shape index (κ2) is 6.53. The van der Waals surface area contributed by atoms with Gasteiger partial charge in [0.15, 0.2) is 5.78 Å². The fourth-order valence-corrected chi connectivity index (χ4v) is 5.86. The molecule has 0 spiro atoms. The Morgan fingerprint density at radius 2 is 1.79 bits per heavy atom. The molecule has 0 saturated heterocycles. The number of Topliss-reactive ketones (excluding diaryl/α,β-unsaturated/α-hetero) is 1. The van der Waals surface area contributed by atoms with Crippen LogP contribution in [-0.2, 0) is 4.79 Å². The van der Waals surface area contributed by atoms with Crippen molar-refractivity contribution in [1.29, 1.82) is 0 Å². The van der Waals surface area contributed by atoms with Crippen LogP contribution in [0.1, 0.15) is 30.4 Å². The quantitative estimate of drug-likeness (QED) is 0.614. The molecule has 0 aromatic heterocycles. The van der Waals surface area contributed by atoms with Crippen LogP contribution in [-0.4, -0.2) is 10.9 Å². The van der Waals surface area contributed by atoms with Gasteiger partial charge in [-0.05, 0) is 79.5 Å². The Balaban J connectivity index is 1.52. The number of fused-ring (bicyclic) bond motifs is 5. The fraction of sp³-hybridized carbons (Fsp3) is 0.348. The lowest BCUT2D eigenvalue weighted by molar-refractivity contribution is -0.118. The number of rotatable bonds is 3. The van der Waals surface area contributed by atoms with Crippen molar-refractivity contribution in [2.45, 2.75) is 26.2 Å². The van der Waals surface area contributed by atoms with E-state index in [1.54, 1.807) is 18.2 Å². The molecule has 1 N–H and O–H groups in total. The molecule has 5 heteroatoms. The molecule has 28 heavy (non-hydrogen) atoms. The molecule has 4 atom stereocenters. The first-order valence-corrected chi connectivity index (χ1v) is 10.4. The van der Waals surface area contributed by atoms with E-state index < -0.39 is 0 Å². The molecule has 0 aliphatic heterocycles. The molecular formula is C23H20Cl2O3. The Bertz CT molecular complexity index is 1030. The molecule has 5 rings (SSSR count). The van der Waals surface area contributed by atoms with Gasteiger partial charge in [-0.25, -0.2) is 0 Å². The molecule has 0 unspecified atom stereocenters. The summed E-state index contributed by atoms with van der Waals surface area (Å²) in [7, 11) is 0. The maximum absolute atomic E-state index is 13.2. The molecule has 0 amide bonds. The zero-order valence-corrected chi connectivity index (χ0v) is 16.9. The largest absolute Gasteiger partial charge is 0.511 e. The van der Waals surface area contributed by atoms with Crippen LogP contribution < -0.4 is 4.74 Å². The number of ketones is 1. The summed E-state index contributed by atoms with van der Waals surface area (Å²) >= 11 is 12.2. The van der Waals surface area contributed by atoms with Gasteiger partial charge < -0.3 is 9.84 Å². The third-order valence-electron chi connectivity index (χ3n) is 6.64. The summed E-state index contributed by atoms with van der Waals surface area (Å²) in [4.78, 5) is 13.2. The van der Waals surface area contributed by atoms with Gasteiger partial charge >= 0.3 is 0 Å². The number of benzene rings is 2. The number of halogens is 2. The summed E-state index contributed by atoms with van der Waals surface area (Å²) in [6.07, 6.45) is 3.30. The van der Waals surface area contributed by atoms with Gasteiger partial charge in [-0.3, -0.25) is 4.79 Å². The van der Waals surface area contributed by atoms with Crippen molar-refractivity contribution < 1.29 is 14.6 Å². The Morgan fingerprint density at radius 3 is 2.50 bits per heavy atom. The molecule has 2 fully saturated rings. The minimum atomic E-state index is -0.0385. The number of aryl methyl sites for hydroxylation is 1. The lowest BCUT2D eigenvalue weighted by Crippen LogP contribution is -2.24. The van der Waals surface area contributed by atoms with E-state index in [0.717, 1.165) is 30.4 Å². The predicted octanol–water partition coefficient (Wildman–Crippen LogP) is 6.61. The predicted molar refractivity (Wildman–Crippen MR) is 110 cm³/mol. The van der Waals surface area contributed by atoms with E-state index in [9.17, 15) is 9.90 Å². The Morgan fingerprint density at radius 1 is 1.04 bits per heavy atom. The number of carbonyl (C=O) groups excluding carboxylic acids is 1. The summed E-state index contributed by atoms with van der Waals surface area (Å²) in [6, 6.07) is 10.6. The number of hydrogen-bond donors (Lipinski definition) is 1.